The summed E-state index contributed by atoms with van der Waals surface area (Å²) in [5, 5.41) is 4.80. The number of nitrogens with zero attached hydrogens (tertiary/aromatic N) is 1. The number of benzene rings is 1. The van der Waals surface area contributed by atoms with Gasteiger partial charge < -0.3 is 5.32 Å². The second-order valence-corrected chi connectivity index (χ2v) is 5.50. The minimum Gasteiger partial charge on any atom is -0.367 e. The predicted molar refractivity (Wildman–Crippen MR) is 76.8 cm³/mol. The van der Waals surface area contributed by atoms with Crippen molar-refractivity contribution in [3.63, 3.8) is 0 Å². The molecule has 2 unspecified atom stereocenters. The van der Waals surface area contributed by atoms with Gasteiger partial charge in [0.15, 0.2) is 0 Å². The molecule has 1 saturated carbocycles. The molecule has 0 bridgehead atoms. The smallest absolute Gasteiger partial charge is 0.126 e. The van der Waals surface area contributed by atoms with Crippen LogP contribution in [0.3, 0.4) is 0 Å². The average molecular weight is 240 g/mol. The Morgan fingerprint density at radius 2 is 2.00 bits per heavy atom. The molecule has 2 aromatic rings. The maximum absolute atomic E-state index is 4.68. The summed E-state index contributed by atoms with van der Waals surface area (Å²) >= 11 is 0. The molecule has 1 heterocycles. The van der Waals surface area contributed by atoms with Crippen molar-refractivity contribution in [2.75, 3.05) is 5.32 Å². The first-order valence-electron chi connectivity index (χ1n) is 6.93. The molecule has 18 heavy (non-hydrogen) atoms. The SMILES string of the molecule is CC1CCCC(Nc2ccc3ccccc3n2)C1. The number of pyridine rings is 1. The minimum absolute atomic E-state index is 0.599. The molecule has 94 valence electrons. The summed E-state index contributed by atoms with van der Waals surface area (Å²) in [4.78, 5) is 4.68. The summed E-state index contributed by atoms with van der Waals surface area (Å²) in [6.45, 7) is 2.35. The fourth-order valence-electron chi connectivity index (χ4n) is 2.92. The van der Waals surface area contributed by atoms with Gasteiger partial charge in [-0.1, -0.05) is 38.0 Å². The summed E-state index contributed by atoms with van der Waals surface area (Å²) < 4.78 is 0. The molecule has 0 saturated heterocycles. The monoisotopic (exact) mass is 240 g/mol. The van der Waals surface area contributed by atoms with E-state index in [-0.39, 0.29) is 0 Å². The van der Waals surface area contributed by atoms with Gasteiger partial charge in [0, 0.05) is 11.4 Å². The highest BCUT2D eigenvalue weighted by atomic mass is 15.0. The zero-order valence-corrected chi connectivity index (χ0v) is 10.9. The third kappa shape index (κ3) is 2.47. The highest BCUT2D eigenvalue weighted by Crippen LogP contribution is 2.26. The van der Waals surface area contributed by atoms with E-state index in [4.69, 9.17) is 0 Å². The Morgan fingerprint density at radius 3 is 2.89 bits per heavy atom. The van der Waals surface area contributed by atoms with E-state index in [9.17, 15) is 0 Å². The lowest BCUT2D eigenvalue weighted by atomic mass is 9.87. The van der Waals surface area contributed by atoms with E-state index in [1.807, 2.05) is 6.07 Å². The van der Waals surface area contributed by atoms with Crippen LogP contribution < -0.4 is 5.32 Å². The van der Waals surface area contributed by atoms with Crippen LogP contribution in [-0.4, -0.2) is 11.0 Å². The number of nitrogens with one attached hydrogen (secondary N) is 1. The molecule has 2 nitrogen and oxygen atoms in total. The second kappa shape index (κ2) is 4.97. The lowest BCUT2D eigenvalue weighted by Crippen LogP contribution is -2.26. The predicted octanol–water partition coefficient (Wildman–Crippen LogP) is 4.23. The van der Waals surface area contributed by atoms with Gasteiger partial charge in [0.2, 0.25) is 0 Å². The number of para-hydroxylation sites is 1. The van der Waals surface area contributed by atoms with Crippen molar-refractivity contribution >= 4 is 16.7 Å². The Morgan fingerprint density at radius 1 is 1.11 bits per heavy atom. The number of anilines is 1. The van der Waals surface area contributed by atoms with Crippen molar-refractivity contribution in [3.05, 3.63) is 36.4 Å². The van der Waals surface area contributed by atoms with E-state index in [0.717, 1.165) is 17.3 Å². The van der Waals surface area contributed by atoms with Crippen LogP contribution in [0.15, 0.2) is 36.4 Å². The zero-order valence-electron chi connectivity index (χ0n) is 10.9. The number of hydrogen-bond acceptors (Lipinski definition) is 2. The first kappa shape index (κ1) is 11.5. The summed E-state index contributed by atoms with van der Waals surface area (Å²) in [5.74, 6) is 1.87. The number of hydrogen-bond donors (Lipinski definition) is 1. The van der Waals surface area contributed by atoms with Crippen LogP contribution in [-0.2, 0) is 0 Å². The lowest BCUT2D eigenvalue weighted by molar-refractivity contribution is 0.358. The molecule has 3 rings (SSSR count). The van der Waals surface area contributed by atoms with Crippen molar-refractivity contribution < 1.29 is 0 Å². The molecule has 2 atom stereocenters. The Kier molecular flexibility index (Phi) is 3.18. The fraction of sp³-hybridized carbons (Fsp3) is 0.438. The molecule has 0 spiro atoms. The first-order chi connectivity index (χ1) is 8.81. The van der Waals surface area contributed by atoms with Gasteiger partial charge in [-0.25, -0.2) is 4.98 Å². The summed E-state index contributed by atoms with van der Waals surface area (Å²) in [5.41, 5.74) is 1.08. The van der Waals surface area contributed by atoms with Crippen molar-refractivity contribution in [1.82, 2.24) is 4.98 Å². The van der Waals surface area contributed by atoms with Gasteiger partial charge in [-0.05, 0) is 37.0 Å². The number of aromatic nitrogens is 1. The largest absolute Gasteiger partial charge is 0.367 e. The number of fused-ring (bicyclic) bond motifs is 1. The Hall–Kier alpha value is -1.57. The first-order valence-corrected chi connectivity index (χ1v) is 6.93. The zero-order chi connectivity index (χ0) is 12.4. The molecule has 0 amide bonds. The maximum Gasteiger partial charge on any atom is 0.126 e. The standard InChI is InChI=1S/C16H20N2/c1-12-5-4-7-14(11-12)17-16-10-9-13-6-2-3-8-15(13)18-16/h2-3,6,8-10,12,14H,4-5,7,11H2,1H3,(H,17,18). The van der Waals surface area contributed by atoms with Crippen molar-refractivity contribution in [3.8, 4) is 0 Å². The van der Waals surface area contributed by atoms with Crippen LogP contribution >= 0.6 is 0 Å². The van der Waals surface area contributed by atoms with Crippen molar-refractivity contribution in [2.45, 2.75) is 38.6 Å². The Labute approximate surface area is 108 Å². The Balaban J connectivity index is 1.78. The maximum atomic E-state index is 4.68. The van der Waals surface area contributed by atoms with Gasteiger partial charge in [-0.2, -0.15) is 0 Å². The molecule has 1 N–H and O–H groups in total. The summed E-state index contributed by atoms with van der Waals surface area (Å²) in [7, 11) is 0. The van der Waals surface area contributed by atoms with Gasteiger partial charge >= 0.3 is 0 Å². The van der Waals surface area contributed by atoms with Gasteiger partial charge in [0.25, 0.3) is 0 Å². The molecule has 2 heteroatoms. The van der Waals surface area contributed by atoms with Crippen LogP contribution in [0.4, 0.5) is 5.82 Å². The molecule has 1 fully saturated rings. The summed E-state index contributed by atoms with van der Waals surface area (Å²) in [6, 6.07) is 13.1. The molecule has 0 radical (unpaired) electrons. The van der Waals surface area contributed by atoms with Crippen LogP contribution in [0.2, 0.25) is 0 Å². The second-order valence-electron chi connectivity index (χ2n) is 5.50. The van der Waals surface area contributed by atoms with Crippen LogP contribution in [0.25, 0.3) is 10.9 Å². The summed E-state index contributed by atoms with van der Waals surface area (Å²) in [6.07, 6.45) is 5.27. The third-order valence-electron chi connectivity index (χ3n) is 3.89. The van der Waals surface area contributed by atoms with Crippen molar-refractivity contribution in [1.29, 1.82) is 0 Å². The highest BCUT2D eigenvalue weighted by molar-refractivity contribution is 5.80. The lowest BCUT2D eigenvalue weighted by Gasteiger charge is -2.27. The highest BCUT2D eigenvalue weighted by Gasteiger charge is 2.18. The Bertz CT molecular complexity index is 535. The van der Waals surface area contributed by atoms with E-state index < -0.39 is 0 Å². The average Bonchev–Trinajstić information content (AvgIpc) is 2.39. The van der Waals surface area contributed by atoms with E-state index in [2.05, 4.69) is 47.6 Å². The van der Waals surface area contributed by atoms with Gasteiger partial charge in [0.1, 0.15) is 5.82 Å². The van der Waals surface area contributed by atoms with Crippen LogP contribution in [0.5, 0.6) is 0 Å². The van der Waals surface area contributed by atoms with E-state index in [1.54, 1.807) is 0 Å². The van der Waals surface area contributed by atoms with Gasteiger partial charge in [0.05, 0.1) is 5.52 Å². The van der Waals surface area contributed by atoms with E-state index in [1.165, 1.54) is 31.1 Å². The normalized spacial score (nSPS) is 24.1. The fourth-order valence-corrected chi connectivity index (χ4v) is 2.92. The minimum atomic E-state index is 0.599. The molecule has 1 aromatic carbocycles. The van der Waals surface area contributed by atoms with E-state index in [0.29, 0.717) is 6.04 Å². The molecule has 1 aliphatic carbocycles. The number of rotatable bonds is 2. The molecule has 1 aromatic heterocycles. The topological polar surface area (TPSA) is 24.9 Å². The van der Waals surface area contributed by atoms with Crippen molar-refractivity contribution in [2.24, 2.45) is 5.92 Å². The molecular weight excluding hydrogens is 220 g/mol. The van der Waals surface area contributed by atoms with Gasteiger partial charge in [-0.3, -0.25) is 0 Å². The third-order valence-corrected chi connectivity index (χ3v) is 3.89. The van der Waals surface area contributed by atoms with Crippen LogP contribution in [0, 0.1) is 5.92 Å². The quantitative estimate of drug-likeness (QED) is 0.850. The molecule has 0 aliphatic heterocycles. The van der Waals surface area contributed by atoms with E-state index >= 15 is 0 Å². The molecular formula is C16H20N2. The molecule has 1 aliphatic rings. The van der Waals surface area contributed by atoms with Gasteiger partial charge in [-0.15, -0.1) is 0 Å². The van der Waals surface area contributed by atoms with Crippen LogP contribution in [0.1, 0.15) is 32.6 Å².